The van der Waals surface area contributed by atoms with E-state index in [2.05, 4.69) is 28.2 Å². The van der Waals surface area contributed by atoms with Gasteiger partial charge in [0.15, 0.2) is 0 Å². The van der Waals surface area contributed by atoms with E-state index in [-0.39, 0.29) is 5.82 Å². The van der Waals surface area contributed by atoms with Gasteiger partial charge in [-0.05, 0) is 40.4 Å². The van der Waals surface area contributed by atoms with Crippen LogP contribution in [-0.2, 0) is 11.8 Å². The molecule has 3 heteroatoms. The topological polar surface area (TPSA) is 0 Å². The number of rotatable bonds is 2. The molecule has 2 aromatic rings. The Morgan fingerprint density at radius 1 is 1.36 bits per heavy atom. The van der Waals surface area contributed by atoms with E-state index in [1.165, 1.54) is 10.3 Å². The zero-order valence-electron chi connectivity index (χ0n) is 7.81. The van der Waals surface area contributed by atoms with E-state index < -0.39 is 0 Å². The van der Waals surface area contributed by atoms with Crippen molar-refractivity contribution < 1.29 is 4.39 Å². The predicted molar refractivity (Wildman–Crippen MR) is 63.8 cm³/mol. The van der Waals surface area contributed by atoms with Gasteiger partial charge in [-0.1, -0.05) is 22.9 Å². The van der Waals surface area contributed by atoms with Crippen LogP contribution in [0.15, 0.2) is 17.5 Å². The Morgan fingerprint density at radius 2 is 2.14 bits per heavy atom. The molecule has 1 aromatic carbocycles. The van der Waals surface area contributed by atoms with Gasteiger partial charge in [-0.25, -0.2) is 4.39 Å². The Kier molecular flexibility index (Phi) is 2.88. The molecule has 0 saturated heterocycles. The van der Waals surface area contributed by atoms with E-state index in [0.717, 1.165) is 17.4 Å². The van der Waals surface area contributed by atoms with Crippen molar-refractivity contribution in [3.63, 3.8) is 0 Å². The lowest BCUT2D eigenvalue weighted by molar-refractivity contribution is 0.619. The summed E-state index contributed by atoms with van der Waals surface area (Å²) in [7, 11) is 0. The van der Waals surface area contributed by atoms with Crippen molar-refractivity contribution in [1.82, 2.24) is 0 Å². The van der Waals surface area contributed by atoms with Crippen LogP contribution in [0.2, 0.25) is 0 Å². The van der Waals surface area contributed by atoms with Gasteiger partial charge in [0.1, 0.15) is 5.82 Å². The zero-order valence-corrected chi connectivity index (χ0v) is 10.2. The molecule has 0 radical (unpaired) electrons. The number of alkyl halides is 1. The van der Waals surface area contributed by atoms with Gasteiger partial charge in [-0.15, -0.1) is 11.3 Å². The summed E-state index contributed by atoms with van der Waals surface area (Å²) in [4.78, 5) is 0. The van der Waals surface area contributed by atoms with Crippen molar-refractivity contribution >= 4 is 37.4 Å². The van der Waals surface area contributed by atoms with Crippen LogP contribution in [0.1, 0.15) is 18.1 Å². The third-order valence-electron chi connectivity index (χ3n) is 2.35. The van der Waals surface area contributed by atoms with E-state index in [0.29, 0.717) is 5.33 Å². The molecule has 0 aliphatic carbocycles. The summed E-state index contributed by atoms with van der Waals surface area (Å²) < 4.78 is 14.7. The van der Waals surface area contributed by atoms with Gasteiger partial charge >= 0.3 is 0 Å². The van der Waals surface area contributed by atoms with Crippen molar-refractivity contribution in [3.05, 3.63) is 34.5 Å². The third kappa shape index (κ3) is 1.59. The molecule has 0 atom stereocenters. The predicted octanol–water partition coefficient (Wildman–Crippen LogP) is 4.50. The maximum atomic E-state index is 13.5. The Bertz CT molecular complexity index is 462. The number of fused-ring (bicyclic) bond motifs is 1. The first-order chi connectivity index (χ1) is 6.76. The maximum Gasteiger partial charge on any atom is 0.127 e. The van der Waals surface area contributed by atoms with E-state index >= 15 is 0 Å². The van der Waals surface area contributed by atoms with Crippen LogP contribution in [0.25, 0.3) is 10.1 Å². The summed E-state index contributed by atoms with van der Waals surface area (Å²) in [6, 6.07) is 3.59. The van der Waals surface area contributed by atoms with Crippen molar-refractivity contribution in [2.24, 2.45) is 0 Å². The molecule has 0 N–H and O–H groups in total. The highest BCUT2D eigenvalue weighted by Gasteiger charge is 2.07. The normalized spacial score (nSPS) is 11.1. The largest absolute Gasteiger partial charge is 0.207 e. The summed E-state index contributed by atoms with van der Waals surface area (Å²) in [6.07, 6.45) is 0.965. The number of thiophene rings is 1. The van der Waals surface area contributed by atoms with Gasteiger partial charge in [-0.2, -0.15) is 0 Å². The van der Waals surface area contributed by atoms with Crippen molar-refractivity contribution in [3.8, 4) is 0 Å². The SMILES string of the molecule is CCc1csc2cc(CBr)c(F)cc12. The van der Waals surface area contributed by atoms with Crippen LogP contribution in [0.3, 0.4) is 0 Å². The lowest BCUT2D eigenvalue weighted by Crippen LogP contribution is -1.85. The van der Waals surface area contributed by atoms with Crippen LogP contribution in [0.4, 0.5) is 4.39 Å². The monoisotopic (exact) mass is 272 g/mol. The highest BCUT2D eigenvalue weighted by molar-refractivity contribution is 9.08. The van der Waals surface area contributed by atoms with Gasteiger partial charge in [0, 0.05) is 10.0 Å². The Morgan fingerprint density at radius 3 is 2.79 bits per heavy atom. The molecule has 0 nitrogen and oxygen atoms in total. The minimum Gasteiger partial charge on any atom is -0.207 e. The quantitative estimate of drug-likeness (QED) is 0.707. The van der Waals surface area contributed by atoms with Crippen molar-refractivity contribution in [2.45, 2.75) is 18.7 Å². The molecule has 0 bridgehead atoms. The summed E-state index contributed by atoms with van der Waals surface area (Å²) in [5, 5.41) is 3.76. The first-order valence-corrected chi connectivity index (χ1v) is 6.50. The van der Waals surface area contributed by atoms with Gasteiger partial charge in [-0.3, -0.25) is 0 Å². The number of hydrogen-bond donors (Lipinski definition) is 0. The number of aryl methyl sites for hydroxylation is 1. The molecule has 0 spiro atoms. The molecule has 1 aromatic heterocycles. The van der Waals surface area contributed by atoms with E-state index in [4.69, 9.17) is 0 Å². The van der Waals surface area contributed by atoms with Crippen LogP contribution < -0.4 is 0 Å². The van der Waals surface area contributed by atoms with E-state index in [1.54, 1.807) is 17.4 Å². The second kappa shape index (κ2) is 3.99. The van der Waals surface area contributed by atoms with Gasteiger partial charge < -0.3 is 0 Å². The van der Waals surface area contributed by atoms with Crippen LogP contribution >= 0.6 is 27.3 Å². The molecule has 0 unspecified atom stereocenters. The lowest BCUT2D eigenvalue weighted by atomic mass is 10.1. The zero-order chi connectivity index (χ0) is 10.1. The third-order valence-corrected chi connectivity index (χ3v) is 3.95. The highest BCUT2D eigenvalue weighted by atomic mass is 79.9. The second-order valence-electron chi connectivity index (χ2n) is 3.19. The molecule has 0 amide bonds. The Balaban J connectivity index is 2.69. The number of halogens is 2. The molecule has 0 aliphatic heterocycles. The van der Waals surface area contributed by atoms with Gasteiger partial charge in [0.05, 0.1) is 0 Å². The summed E-state index contributed by atoms with van der Waals surface area (Å²) >= 11 is 4.97. The molecule has 74 valence electrons. The molecule has 1 heterocycles. The van der Waals surface area contributed by atoms with Crippen LogP contribution in [-0.4, -0.2) is 0 Å². The fraction of sp³-hybridized carbons (Fsp3) is 0.273. The first kappa shape index (κ1) is 10.1. The fourth-order valence-corrected chi connectivity index (χ4v) is 3.04. The molecular formula is C11H10BrFS. The summed E-state index contributed by atoms with van der Waals surface area (Å²) in [6.45, 7) is 2.10. The first-order valence-electron chi connectivity index (χ1n) is 4.50. The fourth-order valence-electron chi connectivity index (χ4n) is 1.52. The smallest absolute Gasteiger partial charge is 0.127 e. The Labute approximate surface area is 94.9 Å². The molecule has 0 fully saturated rings. The van der Waals surface area contributed by atoms with E-state index in [9.17, 15) is 4.39 Å². The molecule has 2 rings (SSSR count). The molecule has 0 saturated carbocycles. The number of benzene rings is 1. The maximum absolute atomic E-state index is 13.5. The standard InChI is InChI=1S/C11H10BrFS/c1-2-7-6-14-11-3-8(5-12)10(13)4-9(7)11/h3-4,6H,2,5H2,1H3. The van der Waals surface area contributed by atoms with Gasteiger partial charge in [0.25, 0.3) is 0 Å². The molecular weight excluding hydrogens is 263 g/mol. The van der Waals surface area contributed by atoms with Crippen molar-refractivity contribution in [2.75, 3.05) is 0 Å². The van der Waals surface area contributed by atoms with E-state index in [1.807, 2.05) is 6.07 Å². The minimum atomic E-state index is -0.109. The average Bonchev–Trinajstić information content (AvgIpc) is 2.58. The van der Waals surface area contributed by atoms with Crippen LogP contribution in [0.5, 0.6) is 0 Å². The second-order valence-corrected chi connectivity index (χ2v) is 4.66. The average molecular weight is 273 g/mol. The Hall–Kier alpha value is -0.410. The lowest BCUT2D eigenvalue weighted by Gasteiger charge is -2.00. The molecule has 0 aliphatic rings. The minimum absolute atomic E-state index is 0.109. The number of hydrogen-bond acceptors (Lipinski definition) is 1. The highest BCUT2D eigenvalue weighted by Crippen LogP contribution is 2.29. The summed E-state index contributed by atoms with van der Waals surface area (Å²) in [5.74, 6) is -0.109. The molecule has 14 heavy (non-hydrogen) atoms. The van der Waals surface area contributed by atoms with Crippen LogP contribution in [0, 0.1) is 5.82 Å². The van der Waals surface area contributed by atoms with Gasteiger partial charge in [0.2, 0.25) is 0 Å². The van der Waals surface area contributed by atoms with Crippen molar-refractivity contribution in [1.29, 1.82) is 0 Å². The summed E-state index contributed by atoms with van der Waals surface area (Å²) in [5.41, 5.74) is 1.98.